The Morgan fingerprint density at radius 3 is 2.46 bits per heavy atom. The van der Waals surface area contributed by atoms with Crippen LogP contribution in [0.3, 0.4) is 0 Å². The summed E-state index contributed by atoms with van der Waals surface area (Å²) in [4.78, 5) is 22.7. The molecular weight excluding hydrogens is 190 g/mol. The van der Waals surface area contributed by atoms with Crippen LogP contribution in [0.15, 0.2) is 0 Å². The van der Waals surface area contributed by atoms with Gasteiger partial charge in [0.05, 0.1) is 5.75 Å². The molecule has 0 aliphatic carbocycles. The van der Waals surface area contributed by atoms with E-state index >= 15 is 0 Å². The quantitative estimate of drug-likeness (QED) is 0.648. The van der Waals surface area contributed by atoms with Crippen molar-refractivity contribution in [2.24, 2.45) is 0 Å². The maximum atomic E-state index is 11.0. The van der Waals surface area contributed by atoms with E-state index in [1.807, 2.05) is 0 Å². The highest BCUT2D eigenvalue weighted by atomic mass is 32.2. The van der Waals surface area contributed by atoms with Gasteiger partial charge in [0.25, 0.3) is 0 Å². The second kappa shape index (κ2) is 6.77. The molecule has 0 saturated carbocycles. The van der Waals surface area contributed by atoms with Crippen molar-refractivity contribution in [3.05, 3.63) is 0 Å². The molecule has 0 heterocycles. The Labute approximate surface area is 82.3 Å². The number of hydrogen-bond donors (Lipinski definition) is 1. The Kier molecular flexibility index (Phi) is 6.40. The smallest absolute Gasteiger partial charge is 0.313 e. The third-order valence-electron chi connectivity index (χ3n) is 1.40. The topological polar surface area (TPSA) is 57.6 Å². The fraction of sp³-hybridized carbons (Fsp3) is 0.750. The average molecular weight is 205 g/mol. The van der Waals surface area contributed by atoms with Crippen LogP contribution in [0, 0.1) is 0 Å². The summed E-state index contributed by atoms with van der Waals surface area (Å²) in [7, 11) is 3.43. The van der Waals surface area contributed by atoms with Crippen LogP contribution in [0.25, 0.3) is 0 Å². The van der Waals surface area contributed by atoms with Crippen LogP contribution in [0.2, 0.25) is 0 Å². The van der Waals surface area contributed by atoms with E-state index in [4.69, 9.17) is 5.11 Å². The second-order valence-corrected chi connectivity index (χ2v) is 3.94. The Morgan fingerprint density at radius 1 is 1.38 bits per heavy atom. The van der Waals surface area contributed by atoms with Gasteiger partial charge in [0, 0.05) is 20.5 Å². The summed E-state index contributed by atoms with van der Waals surface area (Å²) in [6, 6.07) is 0. The van der Waals surface area contributed by atoms with E-state index in [2.05, 4.69) is 0 Å². The molecular formula is C8H15NO3S. The molecule has 0 aromatic heterocycles. The summed E-state index contributed by atoms with van der Waals surface area (Å²) in [6.07, 6.45) is 1.24. The van der Waals surface area contributed by atoms with Crippen molar-refractivity contribution < 1.29 is 14.7 Å². The normalized spacial score (nSPS) is 9.69. The van der Waals surface area contributed by atoms with Gasteiger partial charge in [-0.25, -0.2) is 0 Å². The van der Waals surface area contributed by atoms with Gasteiger partial charge in [-0.15, -0.1) is 0 Å². The van der Waals surface area contributed by atoms with E-state index in [0.717, 1.165) is 12.2 Å². The zero-order valence-electron chi connectivity index (χ0n) is 7.95. The fourth-order valence-electron chi connectivity index (χ4n) is 0.709. The van der Waals surface area contributed by atoms with Gasteiger partial charge in [0.1, 0.15) is 0 Å². The Morgan fingerprint density at radius 2 is 2.00 bits per heavy atom. The standard InChI is InChI=1S/C8H15NO3S/c1-9(2)7(10)4-3-5-13-6-8(11)12/h3-6H2,1-2H3,(H,11,12). The highest BCUT2D eigenvalue weighted by Gasteiger charge is 2.03. The van der Waals surface area contributed by atoms with E-state index < -0.39 is 5.97 Å². The molecule has 0 fully saturated rings. The van der Waals surface area contributed by atoms with Crippen LogP contribution in [0.5, 0.6) is 0 Å². The Bertz CT molecular complexity index is 182. The summed E-state index contributed by atoms with van der Waals surface area (Å²) in [5.41, 5.74) is 0. The number of carbonyl (C=O) groups excluding carboxylic acids is 1. The minimum Gasteiger partial charge on any atom is -0.481 e. The zero-order chi connectivity index (χ0) is 10.3. The molecule has 0 aliphatic rings. The lowest BCUT2D eigenvalue weighted by Gasteiger charge is -2.08. The molecule has 76 valence electrons. The highest BCUT2D eigenvalue weighted by Crippen LogP contribution is 2.04. The minimum atomic E-state index is -0.802. The van der Waals surface area contributed by atoms with E-state index in [9.17, 15) is 9.59 Å². The molecule has 0 unspecified atom stereocenters. The molecule has 13 heavy (non-hydrogen) atoms. The van der Waals surface area contributed by atoms with E-state index in [1.165, 1.54) is 11.8 Å². The van der Waals surface area contributed by atoms with Crippen LogP contribution in [-0.4, -0.2) is 47.5 Å². The number of aliphatic carboxylic acids is 1. The van der Waals surface area contributed by atoms with Gasteiger partial charge in [-0.3, -0.25) is 9.59 Å². The molecule has 0 aromatic rings. The molecule has 1 N–H and O–H groups in total. The molecule has 1 amide bonds. The summed E-state index contributed by atoms with van der Waals surface area (Å²) >= 11 is 1.34. The van der Waals surface area contributed by atoms with Crippen molar-refractivity contribution >= 4 is 23.6 Å². The van der Waals surface area contributed by atoms with Crippen LogP contribution in [-0.2, 0) is 9.59 Å². The zero-order valence-corrected chi connectivity index (χ0v) is 8.76. The summed E-state index contributed by atoms with van der Waals surface area (Å²) < 4.78 is 0. The number of carboxylic acid groups (broad SMARTS) is 1. The first-order valence-electron chi connectivity index (χ1n) is 4.03. The van der Waals surface area contributed by atoms with Gasteiger partial charge >= 0.3 is 5.97 Å². The maximum Gasteiger partial charge on any atom is 0.313 e. The van der Waals surface area contributed by atoms with E-state index in [1.54, 1.807) is 19.0 Å². The molecule has 4 nitrogen and oxygen atoms in total. The monoisotopic (exact) mass is 205 g/mol. The second-order valence-electron chi connectivity index (χ2n) is 2.84. The number of nitrogens with zero attached hydrogens (tertiary/aromatic N) is 1. The van der Waals surface area contributed by atoms with Crippen molar-refractivity contribution in [3.63, 3.8) is 0 Å². The van der Waals surface area contributed by atoms with Gasteiger partial charge in [-0.2, -0.15) is 11.8 Å². The van der Waals surface area contributed by atoms with Crippen LogP contribution < -0.4 is 0 Å². The molecule has 0 aliphatic heterocycles. The molecule has 0 rings (SSSR count). The van der Waals surface area contributed by atoms with Crippen molar-refractivity contribution in [2.75, 3.05) is 25.6 Å². The molecule has 5 heteroatoms. The molecule has 0 spiro atoms. The lowest BCUT2D eigenvalue weighted by Crippen LogP contribution is -2.21. The SMILES string of the molecule is CN(C)C(=O)CCCSCC(=O)O. The molecule has 0 radical (unpaired) electrons. The van der Waals surface area contributed by atoms with E-state index in [-0.39, 0.29) is 11.7 Å². The van der Waals surface area contributed by atoms with Crippen LogP contribution in [0.1, 0.15) is 12.8 Å². The maximum absolute atomic E-state index is 11.0. The number of carbonyl (C=O) groups is 2. The number of rotatable bonds is 6. The van der Waals surface area contributed by atoms with Crippen molar-refractivity contribution in [3.8, 4) is 0 Å². The van der Waals surface area contributed by atoms with Gasteiger partial charge < -0.3 is 10.0 Å². The third-order valence-corrected chi connectivity index (χ3v) is 2.43. The fourth-order valence-corrected chi connectivity index (χ4v) is 1.38. The van der Waals surface area contributed by atoms with E-state index in [0.29, 0.717) is 6.42 Å². The van der Waals surface area contributed by atoms with Crippen LogP contribution >= 0.6 is 11.8 Å². The molecule has 0 bridgehead atoms. The summed E-state index contributed by atoms with van der Waals surface area (Å²) in [5, 5.41) is 8.31. The molecule has 0 aromatic carbocycles. The predicted molar refractivity (Wildman–Crippen MR) is 52.9 cm³/mol. The van der Waals surface area contributed by atoms with Gasteiger partial charge in [-0.1, -0.05) is 0 Å². The number of thioether (sulfide) groups is 1. The highest BCUT2D eigenvalue weighted by molar-refractivity contribution is 7.99. The van der Waals surface area contributed by atoms with Gasteiger partial charge in [0.15, 0.2) is 0 Å². The lowest BCUT2D eigenvalue weighted by atomic mass is 10.3. The van der Waals surface area contributed by atoms with Crippen molar-refractivity contribution in [2.45, 2.75) is 12.8 Å². The van der Waals surface area contributed by atoms with Gasteiger partial charge in [0.2, 0.25) is 5.91 Å². The average Bonchev–Trinajstić information content (AvgIpc) is 2.02. The first-order chi connectivity index (χ1) is 6.04. The molecule has 0 atom stereocenters. The Balaban J connectivity index is 3.26. The number of carboxylic acids is 1. The van der Waals surface area contributed by atoms with Gasteiger partial charge in [-0.05, 0) is 12.2 Å². The van der Waals surface area contributed by atoms with Crippen LogP contribution in [0.4, 0.5) is 0 Å². The first-order valence-corrected chi connectivity index (χ1v) is 5.19. The first kappa shape index (κ1) is 12.3. The molecule has 0 saturated heterocycles. The predicted octanol–water partition coefficient (Wildman–Crippen LogP) is 0.673. The lowest BCUT2D eigenvalue weighted by molar-refractivity contribution is -0.134. The van der Waals surface area contributed by atoms with Crippen molar-refractivity contribution in [1.29, 1.82) is 0 Å². The number of amides is 1. The number of hydrogen-bond acceptors (Lipinski definition) is 3. The third kappa shape index (κ3) is 7.64. The summed E-state index contributed by atoms with van der Waals surface area (Å²) in [5.74, 6) is 0.141. The largest absolute Gasteiger partial charge is 0.481 e. The summed E-state index contributed by atoms with van der Waals surface area (Å²) in [6.45, 7) is 0. The Hall–Kier alpha value is -0.710. The van der Waals surface area contributed by atoms with Crippen molar-refractivity contribution in [1.82, 2.24) is 4.90 Å². The minimum absolute atomic E-state index is 0.0934.